The fraction of sp³-hybridized carbons (Fsp3) is 0.197. The number of imidazole rings is 5. The average Bonchev–Trinajstić information content (AvgIpc) is 1.63. The minimum Gasteiger partial charge on any atom is -0.399 e. The number of aromatic nitrogens is 10. The molecular weight excluding hydrogens is 1450 g/mol. The molecular formula is C66H67BBr2Cl2F4N16O7. The highest BCUT2D eigenvalue weighted by molar-refractivity contribution is 9.10. The van der Waals surface area contributed by atoms with Crippen molar-refractivity contribution in [2.45, 2.75) is 78.4 Å². The molecule has 0 bridgehead atoms. The normalized spacial score (nSPS) is 12.2. The maximum Gasteiger partial charge on any atom is 0.496 e. The van der Waals surface area contributed by atoms with Gasteiger partial charge in [-0.2, -0.15) is 4.99 Å². The van der Waals surface area contributed by atoms with Gasteiger partial charge in [-0.25, -0.2) is 42.5 Å². The van der Waals surface area contributed by atoms with Crippen molar-refractivity contribution in [3.8, 4) is 45.0 Å². The molecule has 0 unspecified atom stereocenters. The molecule has 98 heavy (non-hydrogen) atoms. The van der Waals surface area contributed by atoms with Crippen molar-refractivity contribution >= 4 is 132 Å². The number of rotatable bonds is 10. The zero-order valence-corrected chi connectivity index (χ0v) is 58.7. The molecule has 0 spiro atoms. The Kier molecular flexibility index (Phi) is 28.3. The summed E-state index contributed by atoms with van der Waals surface area (Å²) in [6.07, 6.45) is 12.8. The number of ketones is 1. The number of hydrogen-bond acceptors (Lipinski definition) is 12. The van der Waals surface area contributed by atoms with Crippen LogP contribution in [0.15, 0.2) is 174 Å². The fourth-order valence-corrected chi connectivity index (χ4v) is 9.18. The minimum absolute atomic E-state index is 0.0370. The second kappa shape index (κ2) is 35.9. The predicted molar refractivity (Wildman–Crippen MR) is 380 cm³/mol. The lowest BCUT2D eigenvalue weighted by Gasteiger charge is -2.32. The molecule has 10 N–H and O–H groups in total. The minimum atomic E-state index is -0.375. The number of Topliss-reactive ketones (excluding diaryl/α,β-unsaturated/α-hetero) is 1. The van der Waals surface area contributed by atoms with E-state index >= 15 is 0 Å². The number of guanidine groups is 1. The van der Waals surface area contributed by atoms with Crippen LogP contribution in [0.1, 0.15) is 72.7 Å². The summed E-state index contributed by atoms with van der Waals surface area (Å²) in [4.78, 5) is 86.8. The Hall–Kier alpha value is -9.85. The third-order valence-corrected chi connectivity index (χ3v) is 14.5. The van der Waals surface area contributed by atoms with Crippen LogP contribution in [-0.2, 0) is 28.5 Å². The SMILES string of the molecule is CC(=O)N=C(N)N.CC(=O)Nc1nc(-c2ccc(F)cc2)c(Br)[nH]1.CC(=O)Nc1nc(-c2ccc3nccn3c2)c(-c2ccc(F)cc2)[nH]1.CC(=O)Nc1ncc(-c2ccc(F)cc2)[nH]1.CC(Cl)Cl.CC1(C)OB(c2ccc3nccn3c2)OC1(C)C.O=C(CBr)c1ccc(F)cc1. The number of carbonyl (C=O) groups excluding carboxylic acids is 5. The number of carbonyl (C=O) groups is 5. The van der Waals surface area contributed by atoms with E-state index in [1.807, 2.05) is 57.9 Å². The van der Waals surface area contributed by atoms with E-state index in [2.05, 4.69) is 120 Å². The lowest BCUT2D eigenvalue weighted by atomic mass is 9.80. The van der Waals surface area contributed by atoms with E-state index < -0.39 is 0 Å². The summed E-state index contributed by atoms with van der Waals surface area (Å²) in [5.41, 5.74) is 18.2. The Labute approximate surface area is 587 Å². The lowest BCUT2D eigenvalue weighted by molar-refractivity contribution is -0.116. The summed E-state index contributed by atoms with van der Waals surface area (Å²) in [6, 6.07) is 31.3. The summed E-state index contributed by atoms with van der Waals surface area (Å²) in [5.74, 6) is -1.38. The molecule has 1 fully saturated rings. The van der Waals surface area contributed by atoms with Crippen LogP contribution in [0.3, 0.4) is 0 Å². The fourth-order valence-electron chi connectivity index (χ4n) is 8.35. The van der Waals surface area contributed by atoms with Gasteiger partial charge in [0.1, 0.15) is 49.7 Å². The number of benzene rings is 4. The van der Waals surface area contributed by atoms with Gasteiger partial charge in [0.15, 0.2) is 11.7 Å². The van der Waals surface area contributed by atoms with Crippen LogP contribution in [0, 0.1) is 23.3 Å². The van der Waals surface area contributed by atoms with E-state index in [4.69, 9.17) is 44.0 Å². The van der Waals surface area contributed by atoms with Crippen molar-refractivity contribution in [3.05, 3.63) is 198 Å². The topological polar surface area (TPSA) is 325 Å². The molecule has 32 heteroatoms. The van der Waals surface area contributed by atoms with Crippen molar-refractivity contribution in [1.82, 2.24) is 48.7 Å². The molecule has 4 aromatic carbocycles. The zero-order valence-electron chi connectivity index (χ0n) is 54.1. The molecule has 12 rings (SSSR count). The molecule has 1 aliphatic heterocycles. The number of hydrogen-bond donors (Lipinski definition) is 8. The first-order chi connectivity index (χ1) is 46.3. The van der Waals surface area contributed by atoms with Crippen molar-refractivity contribution in [1.29, 1.82) is 0 Å². The Morgan fingerprint density at radius 3 is 1.49 bits per heavy atom. The Balaban J connectivity index is 0.000000189. The van der Waals surface area contributed by atoms with Gasteiger partial charge in [-0.05, 0) is 177 Å². The Bertz CT molecular complexity index is 4490. The highest BCUT2D eigenvalue weighted by Gasteiger charge is 2.51. The average molecular weight is 1510 g/mol. The molecule has 1 aliphatic rings. The first kappa shape index (κ1) is 77.2. The van der Waals surface area contributed by atoms with Crippen LogP contribution in [0.25, 0.3) is 56.3 Å². The van der Waals surface area contributed by atoms with Gasteiger partial charge >= 0.3 is 7.12 Å². The molecule has 512 valence electrons. The summed E-state index contributed by atoms with van der Waals surface area (Å²) in [6.45, 7) is 15.4. The smallest absolute Gasteiger partial charge is 0.399 e. The lowest BCUT2D eigenvalue weighted by Crippen LogP contribution is -2.41. The number of nitrogens with one attached hydrogen (secondary N) is 6. The number of fused-ring (bicyclic) bond motifs is 2. The third-order valence-electron chi connectivity index (χ3n) is 13.4. The molecule has 11 aromatic rings. The number of aromatic amines is 3. The number of halogens is 8. The highest BCUT2D eigenvalue weighted by atomic mass is 79.9. The second-order valence-corrected chi connectivity index (χ2v) is 24.6. The van der Waals surface area contributed by atoms with E-state index in [1.165, 1.54) is 88.4 Å². The maximum atomic E-state index is 13.2. The number of alkyl halides is 3. The first-order valence-electron chi connectivity index (χ1n) is 29.3. The molecule has 0 atom stereocenters. The summed E-state index contributed by atoms with van der Waals surface area (Å²) in [7, 11) is -0.318. The number of amides is 4. The zero-order chi connectivity index (χ0) is 72.0. The predicted octanol–water partition coefficient (Wildman–Crippen LogP) is 13.3. The summed E-state index contributed by atoms with van der Waals surface area (Å²) in [5, 5.41) is 7.99. The van der Waals surface area contributed by atoms with Gasteiger partial charge in [-0.1, -0.05) is 22.0 Å². The molecule has 8 heterocycles. The number of pyridine rings is 2. The summed E-state index contributed by atoms with van der Waals surface area (Å²) >= 11 is 16.4. The Morgan fingerprint density at radius 2 is 1.02 bits per heavy atom. The van der Waals surface area contributed by atoms with Crippen LogP contribution >= 0.6 is 55.1 Å². The maximum absolute atomic E-state index is 13.2. The largest absolute Gasteiger partial charge is 0.496 e. The number of H-pyrrole nitrogens is 3. The van der Waals surface area contributed by atoms with Crippen LogP contribution < -0.4 is 32.9 Å². The van der Waals surface area contributed by atoms with Gasteiger partial charge in [0, 0.05) is 87.1 Å². The Morgan fingerprint density at radius 1 is 0.592 bits per heavy atom. The van der Waals surface area contributed by atoms with Crippen molar-refractivity contribution in [2.75, 3.05) is 21.3 Å². The van der Waals surface area contributed by atoms with Crippen molar-refractivity contribution in [3.63, 3.8) is 0 Å². The van der Waals surface area contributed by atoms with Crippen molar-refractivity contribution < 1.29 is 50.8 Å². The molecule has 23 nitrogen and oxygen atoms in total. The van der Waals surface area contributed by atoms with Gasteiger partial charge in [0.2, 0.25) is 41.5 Å². The van der Waals surface area contributed by atoms with Crippen molar-refractivity contribution in [2.24, 2.45) is 16.5 Å². The van der Waals surface area contributed by atoms with Gasteiger partial charge in [0.05, 0.1) is 39.8 Å². The van der Waals surface area contributed by atoms with E-state index in [0.717, 1.165) is 44.7 Å². The quantitative estimate of drug-likeness (QED) is 0.0158. The van der Waals surface area contributed by atoms with Gasteiger partial charge in [0.25, 0.3) is 0 Å². The van der Waals surface area contributed by atoms with Crippen LogP contribution in [-0.4, -0.2) is 113 Å². The van der Waals surface area contributed by atoms with Crippen LogP contribution in [0.4, 0.5) is 35.4 Å². The number of nitrogens with zero attached hydrogens (tertiary/aromatic N) is 8. The van der Waals surface area contributed by atoms with Crippen LogP contribution in [0.2, 0.25) is 0 Å². The highest BCUT2D eigenvalue weighted by Crippen LogP contribution is 2.37. The van der Waals surface area contributed by atoms with E-state index in [1.54, 1.807) is 61.9 Å². The standard InChI is InChI=1S/C18H14FN5O.C13H17BN2O2.C11H9BrFN3O.C11H10FN3O.C8H6BrFO.C3H7N3O.C2H4Cl2/c1-11(25)21-18-22-16(12-2-5-14(19)6-3-12)17(23-18)13-4-7-15-20-8-9-24(15)10-13;1-12(2)13(3,4)18-14(17-12)10-5-6-11-15-7-8-16(11)9-10;1-6(17)14-11-15-9(10(12)16-11)7-2-4-8(13)5-3-7;1-7(16)14-11-13-6-10(15-11)8-2-4-9(12)5-3-8;9-5-8(11)6-1-3-7(10)4-2-6;1-2(7)6-3(4)5;1-2(3)4/h2-10H,1H3,(H2,21,22,23,25);5-9H,1-4H3;2-5H,1H3,(H2,14,15,16,17);2-6H,1H3,(H2,13,14,15,16);1-4H,5H2;1H3,(H4,4,5,6,7);2H,1H3. The van der Waals surface area contributed by atoms with E-state index in [-0.39, 0.29) is 87.1 Å². The molecule has 4 amide bonds. The molecule has 0 saturated carbocycles. The van der Waals surface area contributed by atoms with Gasteiger partial charge < -0.3 is 44.5 Å². The number of aliphatic imine (C=N–C) groups is 1. The van der Waals surface area contributed by atoms with E-state index in [9.17, 15) is 41.5 Å². The first-order valence-corrected chi connectivity index (χ1v) is 32.0. The number of nitrogens with two attached hydrogens (primary N) is 2. The number of anilines is 3. The second-order valence-electron chi connectivity index (χ2n) is 21.8. The van der Waals surface area contributed by atoms with Gasteiger partial charge in [-0.15, -0.1) is 23.2 Å². The molecule has 1 saturated heterocycles. The molecule has 0 aliphatic carbocycles. The molecule has 0 radical (unpaired) electrons. The summed E-state index contributed by atoms with van der Waals surface area (Å²) < 4.78 is 67.6. The monoisotopic (exact) mass is 1510 g/mol. The van der Waals surface area contributed by atoms with Gasteiger partial charge in [-0.3, -0.25) is 39.9 Å². The van der Waals surface area contributed by atoms with Crippen LogP contribution in [0.5, 0.6) is 0 Å². The van der Waals surface area contributed by atoms with E-state index in [0.29, 0.717) is 45.1 Å². The molecule has 7 aromatic heterocycles. The third kappa shape index (κ3) is 23.8.